The summed E-state index contributed by atoms with van der Waals surface area (Å²) in [5.41, 5.74) is 0. The summed E-state index contributed by atoms with van der Waals surface area (Å²) in [5.74, 6) is 0.332. The zero-order valence-corrected chi connectivity index (χ0v) is 7.17. The maximum atomic E-state index is 8.62. The van der Waals surface area contributed by atoms with Crippen LogP contribution in [0.2, 0.25) is 0 Å². The molecule has 0 aliphatic heterocycles. The van der Waals surface area contributed by atoms with Gasteiger partial charge in [-0.1, -0.05) is 13.8 Å². The number of rotatable bonds is 5. The Morgan fingerprint density at radius 3 is 2.55 bits per heavy atom. The third kappa shape index (κ3) is 4.77. The maximum Gasteiger partial charge on any atom is 0.0976 e. The van der Waals surface area contributed by atoms with Gasteiger partial charge in [0.05, 0.1) is 12.1 Å². The Kier molecular flexibility index (Phi) is 5.81. The third-order valence-electron chi connectivity index (χ3n) is 1.50. The Morgan fingerprint density at radius 1 is 1.55 bits per heavy atom. The number of nitriles is 1. The van der Waals surface area contributed by atoms with E-state index in [0.717, 1.165) is 0 Å². The van der Waals surface area contributed by atoms with Gasteiger partial charge in [-0.25, -0.2) is 0 Å². The number of hydrogen-bond donors (Lipinski definition) is 2. The summed E-state index contributed by atoms with van der Waals surface area (Å²) < 4.78 is 0. The lowest BCUT2D eigenvalue weighted by molar-refractivity contribution is 0.282. The van der Waals surface area contributed by atoms with Gasteiger partial charge in [-0.05, 0) is 18.9 Å². The van der Waals surface area contributed by atoms with E-state index in [1.165, 1.54) is 0 Å². The predicted molar refractivity (Wildman–Crippen MR) is 43.9 cm³/mol. The summed E-state index contributed by atoms with van der Waals surface area (Å²) in [4.78, 5) is 0. The zero-order valence-electron chi connectivity index (χ0n) is 7.17. The number of nitrogens with zero attached hydrogens (tertiary/aromatic N) is 1. The van der Waals surface area contributed by atoms with Crippen molar-refractivity contribution >= 4 is 0 Å². The number of nitrogens with one attached hydrogen (secondary N) is 1. The second kappa shape index (κ2) is 6.14. The molecule has 11 heavy (non-hydrogen) atoms. The molecule has 0 aromatic rings. The minimum atomic E-state index is -0.0819. The lowest BCUT2D eigenvalue weighted by Gasteiger charge is -2.13. The van der Waals surface area contributed by atoms with Gasteiger partial charge >= 0.3 is 0 Å². The Bertz CT molecular complexity index is 129. The van der Waals surface area contributed by atoms with E-state index >= 15 is 0 Å². The Hall–Kier alpha value is -0.590. The minimum absolute atomic E-state index is 0.0819. The van der Waals surface area contributed by atoms with E-state index in [2.05, 4.69) is 11.4 Å². The van der Waals surface area contributed by atoms with Crippen LogP contribution in [0.15, 0.2) is 0 Å². The van der Waals surface area contributed by atoms with Crippen LogP contribution in [0.1, 0.15) is 20.3 Å². The molecule has 0 heterocycles. The second-order valence-corrected chi connectivity index (χ2v) is 2.88. The molecular weight excluding hydrogens is 140 g/mol. The van der Waals surface area contributed by atoms with Crippen molar-refractivity contribution in [2.24, 2.45) is 5.92 Å². The Morgan fingerprint density at radius 2 is 2.18 bits per heavy atom. The fourth-order valence-electron chi connectivity index (χ4n) is 0.767. The molecule has 0 fully saturated rings. The molecule has 1 atom stereocenters. The van der Waals surface area contributed by atoms with Crippen LogP contribution in [0.3, 0.4) is 0 Å². The highest BCUT2D eigenvalue weighted by Gasteiger charge is 2.09. The topological polar surface area (TPSA) is 56.0 Å². The molecular formula is C8H16N2O. The van der Waals surface area contributed by atoms with Gasteiger partial charge in [0.1, 0.15) is 0 Å². The first-order valence-corrected chi connectivity index (χ1v) is 3.96. The second-order valence-electron chi connectivity index (χ2n) is 2.88. The van der Waals surface area contributed by atoms with E-state index in [1.54, 1.807) is 0 Å². The van der Waals surface area contributed by atoms with Crippen LogP contribution in [-0.2, 0) is 0 Å². The van der Waals surface area contributed by atoms with Crippen molar-refractivity contribution in [1.29, 1.82) is 5.26 Å². The quantitative estimate of drug-likeness (QED) is 0.570. The normalized spacial score (nSPS) is 13.0. The number of hydrogen-bond acceptors (Lipinski definition) is 3. The van der Waals surface area contributed by atoms with E-state index < -0.39 is 0 Å². The van der Waals surface area contributed by atoms with Gasteiger partial charge in [0, 0.05) is 6.61 Å². The summed E-state index contributed by atoms with van der Waals surface area (Å²) >= 11 is 0. The Balaban J connectivity index is 3.47. The van der Waals surface area contributed by atoms with Crippen LogP contribution in [-0.4, -0.2) is 24.3 Å². The number of aliphatic hydroxyl groups is 1. The number of aliphatic hydroxyl groups excluding tert-OH is 1. The molecule has 0 amide bonds. The molecule has 0 saturated heterocycles. The Labute approximate surface area is 68.0 Å². The van der Waals surface area contributed by atoms with E-state index in [4.69, 9.17) is 10.4 Å². The molecule has 3 nitrogen and oxygen atoms in total. The SMILES string of the molecule is CC(C)C(C#N)NCCCO. The van der Waals surface area contributed by atoms with Crippen LogP contribution < -0.4 is 5.32 Å². The molecule has 0 aliphatic rings. The molecule has 0 radical (unpaired) electrons. The summed E-state index contributed by atoms with van der Waals surface area (Å²) in [6.07, 6.45) is 0.713. The van der Waals surface area contributed by atoms with Crippen molar-refractivity contribution < 1.29 is 5.11 Å². The summed E-state index contributed by atoms with van der Waals surface area (Å²) in [6, 6.07) is 2.09. The van der Waals surface area contributed by atoms with E-state index in [1.807, 2.05) is 13.8 Å². The smallest absolute Gasteiger partial charge is 0.0976 e. The van der Waals surface area contributed by atoms with Crippen LogP contribution in [0.4, 0.5) is 0 Å². The van der Waals surface area contributed by atoms with Crippen LogP contribution in [0.25, 0.3) is 0 Å². The highest BCUT2D eigenvalue weighted by Crippen LogP contribution is 1.98. The zero-order chi connectivity index (χ0) is 8.69. The van der Waals surface area contributed by atoms with Gasteiger partial charge in [0.25, 0.3) is 0 Å². The molecule has 3 heteroatoms. The van der Waals surface area contributed by atoms with Crippen molar-refractivity contribution in [3.05, 3.63) is 0 Å². The molecule has 0 aromatic heterocycles. The first-order chi connectivity index (χ1) is 5.22. The molecule has 2 N–H and O–H groups in total. The molecule has 0 aliphatic carbocycles. The van der Waals surface area contributed by atoms with Crippen molar-refractivity contribution in [2.75, 3.05) is 13.2 Å². The van der Waals surface area contributed by atoms with Crippen molar-refractivity contribution in [3.8, 4) is 6.07 Å². The molecule has 64 valence electrons. The molecule has 0 saturated carbocycles. The van der Waals surface area contributed by atoms with Crippen LogP contribution >= 0.6 is 0 Å². The van der Waals surface area contributed by atoms with Gasteiger partial charge in [-0.3, -0.25) is 0 Å². The lowest BCUT2D eigenvalue weighted by atomic mass is 10.1. The first-order valence-electron chi connectivity index (χ1n) is 3.96. The first kappa shape index (κ1) is 10.4. The van der Waals surface area contributed by atoms with Crippen LogP contribution in [0, 0.1) is 17.2 Å². The third-order valence-corrected chi connectivity index (χ3v) is 1.50. The molecule has 1 unspecified atom stereocenters. The summed E-state index contributed by atoms with van der Waals surface area (Å²) in [5, 5.41) is 20.1. The van der Waals surface area contributed by atoms with Gasteiger partial charge in [-0.2, -0.15) is 5.26 Å². The average molecular weight is 156 g/mol. The molecule has 0 spiro atoms. The van der Waals surface area contributed by atoms with Crippen molar-refractivity contribution in [1.82, 2.24) is 5.32 Å². The maximum absolute atomic E-state index is 8.62. The largest absolute Gasteiger partial charge is 0.396 e. The van der Waals surface area contributed by atoms with E-state index in [0.29, 0.717) is 18.9 Å². The van der Waals surface area contributed by atoms with Gasteiger partial charge < -0.3 is 10.4 Å². The fraction of sp³-hybridized carbons (Fsp3) is 0.875. The fourth-order valence-corrected chi connectivity index (χ4v) is 0.767. The molecule has 0 bridgehead atoms. The monoisotopic (exact) mass is 156 g/mol. The van der Waals surface area contributed by atoms with E-state index in [9.17, 15) is 0 Å². The van der Waals surface area contributed by atoms with Crippen molar-refractivity contribution in [2.45, 2.75) is 26.3 Å². The summed E-state index contributed by atoms with van der Waals surface area (Å²) in [7, 11) is 0. The molecule has 0 rings (SSSR count). The highest BCUT2D eigenvalue weighted by molar-refractivity contribution is 4.91. The van der Waals surface area contributed by atoms with E-state index in [-0.39, 0.29) is 12.6 Å². The van der Waals surface area contributed by atoms with Gasteiger partial charge in [-0.15, -0.1) is 0 Å². The van der Waals surface area contributed by atoms with Crippen molar-refractivity contribution in [3.63, 3.8) is 0 Å². The lowest BCUT2D eigenvalue weighted by Crippen LogP contribution is -2.33. The summed E-state index contributed by atoms with van der Waals surface area (Å²) in [6.45, 7) is 4.90. The highest BCUT2D eigenvalue weighted by atomic mass is 16.3. The molecule has 0 aromatic carbocycles. The van der Waals surface area contributed by atoms with Gasteiger partial charge in [0.15, 0.2) is 0 Å². The predicted octanol–water partition coefficient (Wildman–Crippen LogP) is 0.507. The minimum Gasteiger partial charge on any atom is -0.396 e. The average Bonchev–Trinajstić information content (AvgIpc) is 1.97. The van der Waals surface area contributed by atoms with Gasteiger partial charge in [0.2, 0.25) is 0 Å². The standard InChI is InChI=1S/C8H16N2O/c1-7(2)8(6-9)10-4-3-5-11/h7-8,10-11H,3-5H2,1-2H3. The van der Waals surface area contributed by atoms with Crippen LogP contribution in [0.5, 0.6) is 0 Å².